The molecule has 118 valence electrons. The van der Waals surface area contributed by atoms with Gasteiger partial charge in [-0.05, 0) is 19.3 Å². The van der Waals surface area contributed by atoms with Gasteiger partial charge in [-0.3, -0.25) is 4.79 Å². The van der Waals surface area contributed by atoms with E-state index in [9.17, 15) is 9.90 Å². The Kier molecular flexibility index (Phi) is 4.56. The molecule has 1 aliphatic rings. The molecular weight excluding hydrogens is 286 g/mol. The van der Waals surface area contributed by atoms with Gasteiger partial charge in [-0.25, -0.2) is 4.98 Å². The van der Waals surface area contributed by atoms with Crippen molar-refractivity contribution in [3.05, 3.63) is 5.82 Å². The molecule has 1 aliphatic heterocycles. The lowest BCUT2D eigenvalue weighted by Crippen LogP contribution is -2.44. The van der Waals surface area contributed by atoms with Crippen molar-refractivity contribution in [2.24, 2.45) is 5.41 Å². The summed E-state index contributed by atoms with van der Waals surface area (Å²) in [6, 6.07) is 0. The smallest absolute Gasteiger partial charge is 0.309 e. The largest absolute Gasteiger partial charge is 0.481 e. The summed E-state index contributed by atoms with van der Waals surface area (Å²) in [7, 11) is 0. The van der Waals surface area contributed by atoms with Crippen LogP contribution in [0.4, 0.5) is 5.13 Å². The molecule has 5 nitrogen and oxygen atoms in total. The monoisotopic (exact) mass is 311 g/mol. The van der Waals surface area contributed by atoms with Gasteiger partial charge in [0.1, 0.15) is 5.82 Å². The Morgan fingerprint density at radius 2 is 2.00 bits per heavy atom. The first-order valence-electron chi connectivity index (χ1n) is 7.61. The van der Waals surface area contributed by atoms with Gasteiger partial charge in [-0.15, -0.1) is 0 Å². The zero-order valence-electron chi connectivity index (χ0n) is 13.3. The molecular formula is C15H25N3O2S. The van der Waals surface area contributed by atoms with Crippen molar-refractivity contribution in [2.75, 3.05) is 18.0 Å². The average molecular weight is 311 g/mol. The third kappa shape index (κ3) is 3.36. The van der Waals surface area contributed by atoms with E-state index in [2.05, 4.69) is 42.0 Å². The number of aromatic nitrogens is 2. The average Bonchev–Trinajstić information content (AvgIpc) is 2.89. The molecule has 1 aromatic rings. The molecule has 0 bridgehead atoms. The predicted octanol–water partition coefficient (Wildman–Crippen LogP) is 3.31. The van der Waals surface area contributed by atoms with Crippen LogP contribution in [-0.2, 0) is 10.2 Å². The van der Waals surface area contributed by atoms with Gasteiger partial charge >= 0.3 is 5.97 Å². The molecule has 0 aliphatic carbocycles. The molecule has 0 aromatic carbocycles. The lowest BCUT2D eigenvalue weighted by molar-refractivity contribution is -0.150. The van der Waals surface area contributed by atoms with E-state index < -0.39 is 11.4 Å². The molecule has 1 saturated heterocycles. The lowest BCUT2D eigenvalue weighted by Gasteiger charge is -2.38. The zero-order chi connectivity index (χ0) is 15.7. The van der Waals surface area contributed by atoms with Crippen molar-refractivity contribution < 1.29 is 9.90 Å². The van der Waals surface area contributed by atoms with Gasteiger partial charge < -0.3 is 10.0 Å². The second-order valence-electron chi connectivity index (χ2n) is 6.97. The lowest BCUT2D eigenvalue weighted by atomic mass is 9.75. The normalized spacial score (nSPS) is 18.8. The Morgan fingerprint density at radius 3 is 2.43 bits per heavy atom. The first-order chi connectivity index (χ1) is 9.78. The summed E-state index contributed by atoms with van der Waals surface area (Å²) < 4.78 is 4.44. The Bertz CT molecular complexity index is 499. The number of piperidine rings is 1. The summed E-state index contributed by atoms with van der Waals surface area (Å²) in [6.45, 7) is 9.87. The maximum atomic E-state index is 11.6. The van der Waals surface area contributed by atoms with Crippen LogP contribution in [0.3, 0.4) is 0 Å². The highest BCUT2D eigenvalue weighted by Crippen LogP contribution is 2.38. The highest BCUT2D eigenvalue weighted by molar-refractivity contribution is 7.09. The number of carboxylic acids is 1. The number of anilines is 1. The van der Waals surface area contributed by atoms with Crippen LogP contribution in [0.5, 0.6) is 0 Å². The summed E-state index contributed by atoms with van der Waals surface area (Å²) in [5.41, 5.74) is -0.583. The number of carbonyl (C=O) groups is 1. The van der Waals surface area contributed by atoms with E-state index in [4.69, 9.17) is 0 Å². The summed E-state index contributed by atoms with van der Waals surface area (Å²) in [6.07, 6.45) is 3.07. The molecule has 0 amide bonds. The minimum Gasteiger partial charge on any atom is -0.481 e. The number of aliphatic carboxylic acids is 1. The molecule has 1 N–H and O–H groups in total. The van der Waals surface area contributed by atoms with E-state index in [0.29, 0.717) is 12.8 Å². The number of rotatable bonds is 4. The summed E-state index contributed by atoms with van der Waals surface area (Å²) in [5.74, 6) is 0.225. The van der Waals surface area contributed by atoms with Crippen molar-refractivity contribution in [3.8, 4) is 0 Å². The van der Waals surface area contributed by atoms with Gasteiger partial charge in [0.05, 0.1) is 5.41 Å². The first kappa shape index (κ1) is 16.2. The van der Waals surface area contributed by atoms with Crippen LogP contribution in [-0.4, -0.2) is 33.5 Å². The van der Waals surface area contributed by atoms with Gasteiger partial charge in [0, 0.05) is 30.0 Å². The Morgan fingerprint density at radius 1 is 1.38 bits per heavy atom. The summed E-state index contributed by atoms with van der Waals surface area (Å²) >= 11 is 1.42. The van der Waals surface area contributed by atoms with Crippen molar-refractivity contribution in [1.29, 1.82) is 0 Å². The highest BCUT2D eigenvalue weighted by Gasteiger charge is 2.41. The number of carboxylic acid groups (broad SMARTS) is 1. The van der Waals surface area contributed by atoms with Crippen molar-refractivity contribution in [3.63, 3.8) is 0 Å². The fourth-order valence-corrected chi connectivity index (χ4v) is 3.73. The van der Waals surface area contributed by atoms with Crippen LogP contribution in [0.2, 0.25) is 0 Å². The maximum Gasteiger partial charge on any atom is 0.309 e. The van der Waals surface area contributed by atoms with E-state index in [-0.39, 0.29) is 5.41 Å². The third-order valence-electron chi connectivity index (χ3n) is 4.26. The first-order valence-corrected chi connectivity index (χ1v) is 8.38. The summed E-state index contributed by atoms with van der Waals surface area (Å²) in [4.78, 5) is 18.4. The van der Waals surface area contributed by atoms with Crippen LogP contribution >= 0.6 is 11.5 Å². The minimum atomic E-state index is -0.642. The second-order valence-corrected chi connectivity index (χ2v) is 7.70. The molecule has 21 heavy (non-hydrogen) atoms. The van der Waals surface area contributed by atoms with Gasteiger partial charge in [0.15, 0.2) is 0 Å². The van der Waals surface area contributed by atoms with E-state index in [1.54, 1.807) is 0 Å². The number of hydrogen-bond acceptors (Lipinski definition) is 5. The van der Waals surface area contributed by atoms with E-state index in [1.165, 1.54) is 11.5 Å². The molecule has 0 atom stereocenters. The SMILES string of the molecule is CCCC1(C(=O)O)CCN(c2nc(C(C)(C)C)ns2)CC1. The predicted molar refractivity (Wildman–Crippen MR) is 85.0 cm³/mol. The topological polar surface area (TPSA) is 66.3 Å². The highest BCUT2D eigenvalue weighted by atomic mass is 32.1. The molecule has 1 aromatic heterocycles. The van der Waals surface area contributed by atoms with Crippen molar-refractivity contribution in [2.45, 2.75) is 58.8 Å². The summed E-state index contributed by atoms with van der Waals surface area (Å²) in [5, 5.41) is 10.5. The Balaban J connectivity index is 2.07. The Labute approximate surface area is 130 Å². The fraction of sp³-hybridized carbons (Fsp3) is 0.800. The van der Waals surface area contributed by atoms with Crippen molar-refractivity contribution >= 4 is 22.6 Å². The van der Waals surface area contributed by atoms with Gasteiger partial charge in [-0.1, -0.05) is 34.1 Å². The van der Waals surface area contributed by atoms with Gasteiger partial charge in [-0.2, -0.15) is 4.37 Å². The molecule has 2 rings (SSSR count). The van der Waals surface area contributed by atoms with E-state index >= 15 is 0 Å². The molecule has 0 unspecified atom stereocenters. The molecule has 0 radical (unpaired) electrons. The molecule has 1 fully saturated rings. The quantitative estimate of drug-likeness (QED) is 0.924. The van der Waals surface area contributed by atoms with E-state index in [1.807, 2.05) is 0 Å². The number of hydrogen-bond donors (Lipinski definition) is 1. The third-order valence-corrected chi connectivity index (χ3v) is 5.04. The van der Waals surface area contributed by atoms with Crippen LogP contribution in [0.15, 0.2) is 0 Å². The van der Waals surface area contributed by atoms with Crippen LogP contribution in [0, 0.1) is 5.41 Å². The standard InChI is InChI=1S/C15H25N3O2S/c1-5-6-15(12(19)20)7-9-18(10-8-15)13-16-11(17-21-13)14(2,3)4/h5-10H2,1-4H3,(H,19,20). The number of nitrogens with zero attached hydrogens (tertiary/aromatic N) is 3. The molecule has 6 heteroatoms. The fourth-order valence-electron chi connectivity index (χ4n) is 2.82. The van der Waals surface area contributed by atoms with Crippen LogP contribution < -0.4 is 4.90 Å². The van der Waals surface area contributed by atoms with Crippen molar-refractivity contribution in [1.82, 2.24) is 9.36 Å². The molecule has 0 spiro atoms. The molecule has 2 heterocycles. The molecule has 0 saturated carbocycles. The van der Waals surface area contributed by atoms with Gasteiger partial charge in [0.25, 0.3) is 0 Å². The Hall–Kier alpha value is -1.17. The van der Waals surface area contributed by atoms with Gasteiger partial charge in [0.2, 0.25) is 5.13 Å². The van der Waals surface area contributed by atoms with Crippen LogP contribution in [0.25, 0.3) is 0 Å². The second kappa shape index (κ2) is 5.91. The van der Waals surface area contributed by atoms with E-state index in [0.717, 1.165) is 36.9 Å². The maximum absolute atomic E-state index is 11.6. The van der Waals surface area contributed by atoms with Crippen LogP contribution in [0.1, 0.15) is 59.2 Å². The minimum absolute atomic E-state index is 0.0441. The zero-order valence-corrected chi connectivity index (χ0v) is 14.2.